The first kappa shape index (κ1) is 15.8. The average Bonchev–Trinajstić information content (AvgIpc) is 2.48. The Hall–Kier alpha value is -1.56. The highest BCUT2D eigenvalue weighted by atomic mass is 32.1. The third-order valence-electron chi connectivity index (χ3n) is 3.60. The molecule has 21 heavy (non-hydrogen) atoms. The zero-order chi connectivity index (χ0) is 15.2. The first-order chi connectivity index (χ1) is 10.1. The molecule has 2 rings (SSSR count). The molecule has 0 saturated heterocycles. The van der Waals surface area contributed by atoms with E-state index in [1.54, 1.807) is 6.92 Å². The predicted molar refractivity (Wildman–Crippen MR) is 84.3 cm³/mol. The molecule has 1 aromatic carbocycles. The van der Waals surface area contributed by atoms with Crippen molar-refractivity contribution in [2.75, 3.05) is 0 Å². The molecule has 0 amide bonds. The number of halogens is 2. The van der Waals surface area contributed by atoms with Crippen molar-refractivity contribution >= 4 is 23.0 Å². The molecule has 6 heteroatoms. The molecule has 1 fully saturated rings. The Morgan fingerprint density at radius 1 is 1.19 bits per heavy atom. The van der Waals surface area contributed by atoms with Crippen LogP contribution in [0.2, 0.25) is 0 Å². The van der Waals surface area contributed by atoms with Crippen LogP contribution in [0.4, 0.5) is 8.78 Å². The van der Waals surface area contributed by atoms with Gasteiger partial charge in [0.05, 0.1) is 5.71 Å². The molecule has 2 N–H and O–H groups in total. The summed E-state index contributed by atoms with van der Waals surface area (Å²) in [7, 11) is 0. The standard InChI is InChI=1S/C15H19F2N3S/c1-10(11-7-8-13(16)14(17)9-11)19-20-15(21)18-12-5-3-2-4-6-12/h7-9,12H,2-6H2,1H3,(H2,18,20,21)/b19-10+. The maximum Gasteiger partial charge on any atom is 0.187 e. The van der Waals surface area contributed by atoms with Crippen molar-refractivity contribution in [1.82, 2.24) is 10.7 Å². The van der Waals surface area contributed by atoms with E-state index in [1.807, 2.05) is 0 Å². The van der Waals surface area contributed by atoms with Crippen molar-refractivity contribution in [1.29, 1.82) is 0 Å². The Bertz CT molecular complexity index is 540. The van der Waals surface area contributed by atoms with Crippen LogP contribution in [-0.2, 0) is 0 Å². The minimum absolute atomic E-state index is 0.400. The van der Waals surface area contributed by atoms with E-state index in [1.165, 1.54) is 25.3 Å². The van der Waals surface area contributed by atoms with Gasteiger partial charge in [-0.15, -0.1) is 0 Å². The first-order valence-corrected chi connectivity index (χ1v) is 7.53. The molecule has 0 atom stereocenters. The predicted octanol–water partition coefficient (Wildman–Crippen LogP) is 3.49. The number of hydrazone groups is 1. The smallest absolute Gasteiger partial charge is 0.187 e. The lowest BCUT2D eigenvalue weighted by Crippen LogP contribution is -2.41. The Morgan fingerprint density at radius 2 is 1.90 bits per heavy atom. The largest absolute Gasteiger partial charge is 0.359 e. The SMILES string of the molecule is C/C(=N\NC(=S)NC1CCCCC1)c1ccc(F)c(F)c1. The van der Waals surface area contributed by atoms with Gasteiger partial charge in [0.25, 0.3) is 0 Å². The minimum atomic E-state index is -0.884. The van der Waals surface area contributed by atoms with Crippen LogP contribution in [0.25, 0.3) is 0 Å². The number of hydrogen-bond acceptors (Lipinski definition) is 2. The van der Waals surface area contributed by atoms with Crippen molar-refractivity contribution in [2.45, 2.75) is 45.1 Å². The molecule has 0 bridgehead atoms. The van der Waals surface area contributed by atoms with Crippen LogP contribution in [0.3, 0.4) is 0 Å². The lowest BCUT2D eigenvalue weighted by Gasteiger charge is -2.23. The van der Waals surface area contributed by atoms with Gasteiger partial charge < -0.3 is 5.32 Å². The molecule has 3 nitrogen and oxygen atoms in total. The highest BCUT2D eigenvalue weighted by Gasteiger charge is 2.13. The number of nitrogens with zero attached hydrogens (tertiary/aromatic N) is 1. The van der Waals surface area contributed by atoms with Crippen molar-refractivity contribution in [3.8, 4) is 0 Å². The van der Waals surface area contributed by atoms with E-state index in [9.17, 15) is 8.78 Å². The Balaban J connectivity index is 1.89. The van der Waals surface area contributed by atoms with Gasteiger partial charge in [0.15, 0.2) is 16.7 Å². The van der Waals surface area contributed by atoms with Crippen LogP contribution in [0.5, 0.6) is 0 Å². The zero-order valence-electron chi connectivity index (χ0n) is 12.0. The van der Waals surface area contributed by atoms with Gasteiger partial charge in [0.2, 0.25) is 0 Å². The topological polar surface area (TPSA) is 36.4 Å². The second-order valence-corrected chi connectivity index (χ2v) is 5.65. The Morgan fingerprint density at radius 3 is 2.57 bits per heavy atom. The zero-order valence-corrected chi connectivity index (χ0v) is 12.8. The van der Waals surface area contributed by atoms with Crippen LogP contribution in [0, 0.1) is 11.6 Å². The Kier molecular flexibility index (Phi) is 5.61. The molecule has 0 spiro atoms. The second kappa shape index (κ2) is 7.45. The van der Waals surface area contributed by atoms with Crippen LogP contribution < -0.4 is 10.7 Å². The summed E-state index contributed by atoms with van der Waals surface area (Å²) in [5.41, 5.74) is 3.81. The summed E-state index contributed by atoms with van der Waals surface area (Å²) in [5.74, 6) is -1.75. The summed E-state index contributed by atoms with van der Waals surface area (Å²) >= 11 is 5.19. The molecule has 0 aromatic heterocycles. The Labute approximate surface area is 128 Å². The van der Waals surface area contributed by atoms with E-state index in [0.29, 0.717) is 22.4 Å². The molecule has 0 radical (unpaired) electrons. The van der Waals surface area contributed by atoms with E-state index < -0.39 is 11.6 Å². The molecule has 1 aliphatic carbocycles. The van der Waals surface area contributed by atoms with E-state index in [-0.39, 0.29) is 0 Å². The lowest BCUT2D eigenvalue weighted by molar-refractivity contribution is 0.412. The molecule has 0 aliphatic heterocycles. The molecule has 1 aromatic rings. The molecule has 1 aliphatic rings. The number of benzene rings is 1. The molecular formula is C15H19F2N3S. The van der Waals surface area contributed by atoms with Crippen molar-refractivity contribution in [3.63, 3.8) is 0 Å². The maximum absolute atomic E-state index is 13.2. The van der Waals surface area contributed by atoms with Crippen LogP contribution >= 0.6 is 12.2 Å². The fourth-order valence-electron chi connectivity index (χ4n) is 2.38. The summed E-state index contributed by atoms with van der Waals surface area (Å²) in [5, 5.41) is 7.79. The van der Waals surface area contributed by atoms with Crippen molar-refractivity contribution in [3.05, 3.63) is 35.4 Å². The molecule has 1 saturated carbocycles. The molecule has 114 valence electrons. The summed E-state index contributed by atoms with van der Waals surface area (Å²) in [4.78, 5) is 0. The van der Waals surface area contributed by atoms with E-state index in [0.717, 1.165) is 25.0 Å². The molecular weight excluding hydrogens is 292 g/mol. The second-order valence-electron chi connectivity index (χ2n) is 5.25. The highest BCUT2D eigenvalue weighted by molar-refractivity contribution is 7.80. The van der Waals surface area contributed by atoms with Gasteiger partial charge in [-0.25, -0.2) is 8.78 Å². The maximum atomic E-state index is 13.2. The fraction of sp³-hybridized carbons (Fsp3) is 0.467. The van der Waals surface area contributed by atoms with Crippen LogP contribution in [-0.4, -0.2) is 16.9 Å². The van der Waals surface area contributed by atoms with Crippen molar-refractivity contribution in [2.24, 2.45) is 5.10 Å². The van der Waals surface area contributed by atoms with E-state index >= 15 is 0 Å². The van der Waals surface area contributed by atoms with Gasteiger partial charge in [-0.3, -0.25) is 5.43 Å². The van der Waals surface area contributed by atoms with Gasteiger partial charge >= 0.3 is 0 Å². The minimum Gasteiger partial charge on any atom is -0.359 e. The van der Waals surface area contributed by atoms with Gasteiger partial charge in [-0.1, -0.05) is 19.3 Å². The number of thiocarbonyl (C=S) groups is 1. The van der Waals surface area contributed by atoms with E-state index in [4.69, 9.17) is 12.2 Å². The van der Waals surface area contributed by atoms with Gasteiger partial charge in [0.1, 0.15) is 0 Å². The van der Waals surface area contributed by atoms with Gasteiger partial charge in [-0.2, -0.15) is 5.10 Å². The highest BCUT2D eigenvalue weighted by Crippen LogP contribution is 2.17. The average molecular weight is 311 g/mol. The van der Waals surface area contributed by atoms with Gasteiger partial charge in [0, 0.05) is 11.6 Å². The third-order valence-corrected chi connectivity index (χ3v) is 3.81. The van der Waals surface area contributed by atoms with Gasteiger partial charge in [-0.05, 0) is 50.2 Å². The summed E-state index contributed by atoms with van der Waals surface area (Å²) < 4.78 is 26.0. The lowest BCUT2D eigenvalue weighted by atomic mass is 9.96. The molecule has 0 unspecified atom stereocenters. The normalized spacial score (nSPS) is 16.6. The number of nitrogens with one attached hydrogen (secondary N) is 2. The van der Waals surface area contributed by atoms with Crippen molar-refractivity contribution < 1.29 is 8.78 Å². The third kappa shape index (κ3) is 4.74. The fourth-order valence-corrected chi connectivity index (χ4v) is 2.60. The van der Waals surface area contributed by atoms with Crippen LogP contribution in [0.15, 0.2) is 23.3 Å². The number of rotatable bonds is 3. The van der Waals surface area contributed by atoms with E-state index in [2.05, 4.69) is 15.8 Å². The monoisotopic (exact) mass is 311 g/mol. The molecule has 0 heterocycles. The quantitative estimate of drug-likeness (QED) is 0.510. The van der Waals surface area contributed by atoms with Crippen LogP contribution in [0.1, 0.15) is 44.6 Å². The summed E-state index contributed by atoms with van der Waals surface area (Å²) in [6, 6.07) is 4.09. The summed E-state index contributed by atoms with van der Waals surface area (Å²) in [6.07, 6.45) is 5.96. The summed E-state index contributed by atoms with van der Waals surface area (Å²) in [6.45, 7) is 1.71. The number of hydrogen-bond donors (Lipinski definition) is 2. The first-order valence-electron chi connectivity index (χ1n) is 7.12.